The molecular formula is C16H22N2OS. The molecule has 1 aliphatic rings. The third-order valence-corrected chi connectivity index (χ3v) is 5.34. The minimum atomic E-state index is 0.563. The van der Waals surface area contributed by atoms with E-state index in [2.05, 4.69) is 17.3 Å². The summed E-state index contributed by atoms with van der Waals surface area (Å²) >= 11 is 1.81. The molecule has 1 aliphatic carbocycles. The lowest BCUT2D eigenvalue weighted by Crippen LogP contribution is -2.36. The van der Waals surface area contributed by atoms with Crippen molar-refractivity contribution in [3.63, 3.8) is 0 Å². The second kappa shape index (κ2) is 6.64. The molecule has 0 saturated heterocycles. The van der Waals surface area contributed by atoms with Crippen LogP contribution < -0.4 is 5.32 Å². The number of para-hydroxylation sites is 2. The van der Waals surface area contributed by atoms with Gasteiger partial charge in [-0.25, -0.2) is 4.98 Å². The van der Waals surface area contributed by atoms with Gasteiger partial charge in [-0.2, -0.15) is 0 Å². The zero-order valence-corrected chi connectivity index (χ0v) is 12.8. The summed E-state index contributed by atoms with van der Waals surface area (Å²) in [5.74, 6) is 0. The van der Waals surface area contributed by atoms with E-state index in [1.807, 2.05) is 24.3 Å². The van der Waals surface area contributed by atoms with Gasteiger partial charge in [0.15, 0.2) is 5.58 Å². The number of thioether (sulfide) groups is 1. The van der Waals surface area contributed by atoms with E-state index in [0.29, 0.717) is 11.3 Å². The highest BCUT2D eigenvalue weighted by atomic mass is 32.2. The summed E-state index contributed by atoms with van der Waals surface area (Å²) in [5.41, 5.74) is 1.85. The molecule has 1 aromatic heterocycles. The normalized spacial score (nSPS) is 24.4. The fourth-order valence-electron chi connectivity index (χ4n) is 2.95. The van der Waals surface area contributed by atoms with Crippen LogP contribution in [-0.2, 0) is 0 Å². The van der Waals surface area contributed by atoms with Crippen molar-refractivity contribution >= 4 is 22.9 Å². The molecule has 1 aromatic carbocycles. The SMILES string of the molecule is CNC1CCCCCCC1Sc1nc2ccccc2o1. The first kappa shape index (κ1) is 14.0. The number of benzene rings is 1. The maximum atomic E-state index is 5.86. The van der Waals surface area contributed by atoms with Gasteiger partial charge >= 0.3 is 0 Å². The van der Waals surface area contributed by atoms with Crippen molar-refractivity contribution in [3.8, 4) is 0 Å². The third-order valence-electron chi connectivity index (χ3n) is 4.10. The van der Waals surface area contributed by atoms with Crippen LogP contribution >= 0.6 is 11.8 Å². The lowest BCUT2D eigenvalue weighted by Gasteiger charge is -2.27. The molecule has 2 atom stereocenters. The van der Waals surface area contributed by atoms with Gasteiger partial charge in [0.05, 0.1) is 0 Å². The number of hydrogen-bond donors (Lipinski definition) is 1. The highest BCUT2D eigenvalue weighted by Crippen LogP contribution is 2.33. The second-order valence-electron chi connectivity index (χ2n) is 5.49. The Kier molecular flexibility index (Phi) is 4.63. The van der Waals surface area contributed by atoms with Gasteiger partial charge in [-0.3, -0.25) is 0 Å². The van der Waals surface area contributed by atoms with Crippen molar-refractivity contribution in [2.45, 2.75) is 55.0 Å². The molecule has 20 heavy (non-hydrogen) atoms. The summed E-state index contributed by atoms with van der Waals surface area (Å²) in [6.07, 6.45) is 7.88. The number of nitrogens with zero attached hydrogens (tertiary/aromatic N) is 1. The van der Waals surface area contributed by atoms with Crippen molar-refractivity contribution in [2.24, 2.45) is 0 Å². The molecule has 0 amide bonds. The summed E-state index contributed by atoms with van der Waals surface area (Å²) < 4.78 is 5.86. The zero-order valence-electron chi connectivity index (χ0n) is 12.0. The lowest BCUT2D eigenvalue weighted by atomic mass is 9.96. The highest BCUT2D eigenvalue weighted by molar-refractivity contribution is 7.99. The molecule has 2 aromatic rings. The Morgan fingerprint density at radius 3 is 2.75 bits per heavy atom. The van der Waals surface area contributed by atoms with E-state index in [-0.39, 0.29) is 0 Å². The van der Waals surface area contributed by atoms with Crippen molar-refractivity contribution in [1.82, 2.24) is 10.3 Å². The van der Waals surface area contributed by atoms with Gasteiger partial charge in [0.1, 0.15) is 5.52 Å². The Morgan fingerprint density at radius 1 is 1.15 bits per heavy atom. The zero-order chi connectivity index (χ0) is 13.8. The Labute approximate surface area is 124 Å². The number of aromatic nitrogens is 1. The molecule has 0 bridgehead atoms. The van der Waals surface area contributed by atoms with Gasteiger partial charge in [0.25, 0.3) is 5.22 Å². The largest absolute Gasteiger partial charge is 0.431 e. The van der Waals surface area contributed by atoms with Gasteiger partial charge in [-0.15, -0.1) is 0 Å². The summed E-state index contributed by atoms with van der Waals surface area (Å²) in [7, 11) is 2.08. The number of nitrogens with one attached hydrogen (secondary N) is 1. The average molecular weight is 290 g/mol. The van der Waals surface area contributed by atoms with Gasteiger partial charge < -0.3 is 9.73 Å². The van der Waals surface area contributed by atoms with Gasteiger partial charge in [-0.05, 0) is 32.0 Å². The molecule has 4 heteroatoms. The van der Waals surface area contributed by atoms with E-state index in [1.165, 1.54) is 38.5 Å². The predicted molar refractivity (Wildman–Crippen MR) is 84.2 cm³/mol. The highest BCUT2D eigenvalue weighted by Gasteiger charge is 2.24. The minimum Gasteiger partial charge on any atom is -0.431 e. The maximum Gasteiger partial charge on any atom is 0.257 e. The molecule has 2 unspecified atom stereocenters. The Balaban J connectivity index is 1.76. The number of oxazole rings is 1. The average Bonchev–Trinajstić information content (AvgIpc) is 2.84. The second-order valence-corrected chi connectivity index (χ2v) is 6.68. The van der Waals surface area contributed by atoms with Crippen LogP contribution in [0.15, 0.2) is 33.9 Å². The standard InChI is InChI=1S/C16H22N2OS/c1-17-13-9-4-2-3-5-11-15(13)20-16-18-12-8-6-7-10-14(12)19-16/h6-8,10,13,15,17H,2-5,9,11H2,1H3. The minimum absolute atomic E-state index is 0.563. The van der Waals surface area contributed by atoms with E-state index < -0.39 is 0 Å². The topological polar surface area (TPSA) is 38.1 Å². The van der Waals surface area contributed by atoms with Gasteiger partial charge in [-0.1, -0.05) is 49.6 Å². The monoisotopic (exact) mass is 290 g/mol. The van der Waals surface area contributed by atoms with Gasteiger partial charge in [0.2, 0.25) is 0 Å². The molecule has 1 saturated carbocycles. The van der Waals surface area contributed by atoms with E-state index in [1.54, 1.807) is 11.8 Å². The van der Waals surface area contributed by atoms with E-state index in [9.17, 15) is 0 Å². The lowest BCUT2D eigenvalue weighted by molar-refractivity contribution is 0.415. The van der Waals surface area contributed by atoms with Crippen LogP contribution in [-0.4, -0.2) is 23.3 Å². The molecule has 3 rings (SSSR count). The van der Waals surface area contributed by atoms with Crippen LogP contribution in [0.5, 0.6) is 0 Å². The first-order chi connectivity index (χ1) is 9.86. The predicted octanol–water partition coefficient (Wildman–Crippen LogP) is 4.23. The van der Waals surface area contributed by atoms with Crippen LogP contribution in [0.3, 0.4) is 0 Å². The van der Waals surface area contributed by atoms with E-state index in [4.69, 9.17) is 4.42 Å². The van der Waals surface area contributed by atoms with Crippen molar-refractivity contribution in [3.05, 3.63) is 24.3 Å². The van der Waals surface area contributed by atoms with Crippen molar-refractivity contribution in [1.29, 1.82) is 0 Å². The maximum absolute atomic E-state index is 5.86. The molecule has 108 valence electrons. The molecule has 1 heterocycles. The Morgan fingerprint density at radius 2 is 1.95 bits per heavy atom. The third kappa shape index (κ3) is 3.18. The van der Waals surface area contributed by atoms with Crippen molar-refractivity contribution in [2.75, 3.05) is 7.05 Å². The molecule has 0 aliphatic heterocycles. The van der Waals surface area contributed by atoms with Crippen LogP contribution in [0.4, 0.5) is 0 Å². The summed E-state index contributed by atoms with van der Waals surface area (Å²) in [5, 5.41) is 4.87. The quantitative estimate of drug-likeness (QED) is 0.918. The fourth-order valence-corrected chi connectivity index (χ4v) is 4.22. The molecule has 0 spiro atoms. The fraction of sp³-hybridized carbons (Fsp3) is 0.562. The Hall–Kier alpha value is -1.00. The molecule has 3 nitrogen and oxygen atoms in total. The number of hydrogen-bond acceptors (Lipinski definition) is 4. The van der Waals surface area contributed by atoms with Crippen molar-refractivity contribution < 1.29 is 4.42 Å². The molecule has 1 N–H and O–H groups in total. The van der Waals surface area contributed by atoms with E-state index >= 15 is 0 Å². The van der Waals surface area contributed by atoms with Crippen LogP contribution in [0, 0.1) is 0 Å². The first-order valence-electron chi connectivity index (χ1n) is 7.56. The van der Waals surface area contributed by atoms with Crippen LogP contribution in [0.25, 0.3) is 11.1 Å². The molecule has 0 radical (unpaired) electrons. The number of fused-ring (bicyclic) bond motifs is 1. The van der Waals surface area contributed by atoms with Crippen LogP contribution in [0.2, 0.25) is 0 Å². The molecular weight excluding hydrogens is 268 g/mol. The summed E-state index contributed by atoms with van der Waals surface area (Å²) in [6.45, 7) is 0. The number of rotatable bonds is 3. The summed E-state index contributed by atoms with van der Waals surface area (Å²) in [6, 6.07) is 8.56. The smallest absolute Gasteiger partial charge is 0.257 e. The Bertz CT molecular complexity index is 521. The molecule has 1 fully saturated rings. The van der Waals surface area contributed by atoms with Gasteiger partial charge in [0, 0.05) is 11.3 Å². The van der Waals surface area contributed by atoms with Crippen LogP contribution in [0.1, 0.15) is 38.5 Å². The summed E-state index contributed by atoms with van der Waals surface area (Å²) in [4.78, 5) is 4.60. The first-order valence-corrected chi connectivity index (χ1v) is 8.44. The van der Waals surface area contributed by atoms with E-state index in [0.717, 1.165) is 16.3 Å².